The van der Waals surface area contributed by atoms with E-state index in [0.717, 1.165) is 17.8 Å². The summed E-state index contributed by atoms with van der Waals surface area (Å²) >= 11 is 1.91. The lowest BCUT2D eigenvalue weighted by Crippen LogP contribution is -2.07. The molecule has 2 aliphatic rings. The molecule has 5 rings (SSSR count). The van der Waals surface area contributed by atoms with E-state index < -0.39 is 5.97 Å². The van der Waals surface area contributed by atoms with E-state index >= 15 is 0 Å². The highest BCUT2D eigenvalue weighted by molar-refractivity contribution is 7.99. The average Bonchev–Trinajstić information content (AvgIpc) is 2.90. The van der Waals surface area contributed by atoms with Crippen molar-refractivity contribution in [2.45, 2.75) is 49.5 Å². The van der Waals surface area contributed by atoms with Gasteiger partial charge in [-0.2, -0.15) is 0 Å². The van der Waals surface area contributed by atoms with Gasteiger partial charge in [-0.1, -0.05) is 43.5 Å². The van der Waals surface area contributed by atoms with E-state index in [-0.39, 0.29) is 0 Å². The van der Waals surface area contributed by atoms with Crippen LogP contribution in [-0.2, 0) is 6.54 Å². The van der Waals surface area contributed by atoms with Crippen molar-refractivity contribution in [3.63, 3.8) is 0 Å². The van der Waals surface area contributed by atoms with Crippen molar-refractivity contribution in [1.29, 1.82) is 0 Å². The monoisotopic (exact) mass is 377 g/mol. The Morgan fingerprint density at radius 2 is 1.89 bits per heavy atom. The number of hydrogen-bond acceptors (Lipinski definition) is 2. The van der Waals surface area contributed by atoms with Crippen molar-refractivity contribution < 1.29 is 9.90 Å². The van der Waals surface area contributed by atoms with E-state index in [1.807, 2.05) is 17.8 Å². The van der Waals surface area contributed by atoms with Gasteiger partial charge < -0.3 is 9.67 Å². The third-order valence-electron chi connectivity index (χ3n) is 6.08. The number of aryl methyl sites for hydroxylation is 1. The van der Waals surface area contributed by atoms with Crippen molar-refractivity contribution in [1.82, 2.24) is 4.57 Å². The van der Waals surface area contributed by atoms with Crippen molar-refractivity contribution in [2.75, 3.05) is 5.75 Å². The molecule has 1 N–H and O–H groups in total. The maximum Gasteiger partial charge on any atom is 0.335 e. The van der Waals surface area contributed by atoms with Crippen LogP contribution in [-0.4, -0.2) is 21.4 Å². The first kappa shape index (κ1) is 16.9. The van der Waals surface area contributed by atoms with Gasteiger partial charge in [0.1, 0.15) is 0 Å². The van der Waals surface area contributed by atoms with E-state index in [1.165, 1.54) is 59.2 Å². The average molecular weight is 378 g/mol. The molecule has 138 valence electrons. The summed E-state index contributed by atoms with van der Waals surface area (Å²) in [7, 11) is 0. The molecule has 1 aliphatic heterocycles. The number of hydrogen-bond donors (Lipinski definition) is 1. The lowest BCUT2D eigenvalue weighted by atomic mass is 9.82. The molecule has 0 saturated heterocycles. The summed E-state index contributed by atoms with van der Waals surface area (Å²) in [6.07, 6.45) is 6.39. The van der Waals surface area contributed by atoms with Gasteiger partial charge in [0.15, 0.2) is 0 Å². The highest BCUT2D eigenvalue weighted by Crippen LogP contribution is 2.47. The van der Waals surface area contributed by atoms with Crippen LogP contribution in [0.4, 0.5) is 0 Å². The molecule has 2 heterocycles. The van der Waals surface area contributed by atoms with Gasteiger partial charge in [-0.25, -0.2) is 4.79 Å². The number of thioether (sulfide) groups is 1. The summed E-state index contributed by atoms with van der Waals surface area (Å²) in [5, 5.41) is 10.8. The van der Waals surface area contributed by atoms with Gasteiger partial charge in [-0.3, -0.25) is 0 Å². The van der Waals surface area contributed by atoms with E-state index in [1.54, 1.807) is 6.07 Å². The molecule has 2 aromatic carbocycles. The lowest BCUT2D eigenvalue weighted by Gasteiger charge is -2.23. The molecule has 0 spiro atoms. The number of aromatic nitrogens is 1. The number of benzene rings is 2. The maximum atomic E-state index is 11.6. The Morgan fingerprint density at radius 3 is 2.70 bits per heavy atom. The summed E-state index contributed by atoms with van der Waals surface area (Å²) in [6.45, 7) is 0.918. The summed E-state index contributed by atoms with van der Waals surface area (Å²) in [5.41, 5.74) is 5.57. The zero-order chi connectivity index (χ0) is 18.4. The molecule has 0 unspecified atom stereocenters. The quantitative estimate of drug-likeness (QED) is 0.581. The fourth-order valence-electron chi connectivity index (χ4n) is 4.87. The minimum Gasteiger partial charge on any atom is -0.478 e. The minimum atomic E-state index is -0.852. The second-order valence-electron chi connectivity index (χ2n) is 7.63. The SMILES string of the molecule is O=C(O)c1ccc2c(C3CCCCC3)c3n(c2c1)CCSc1ccccc1-3. The smallest absolute Gasteiger partial charge is 0.335 e. The number of nitrogens with zero attached hydrogens (tertiary/aromatic N) is 1. The van der Waals surface area contributed by atoms with Crippen LogP contribution >= 0.6 is 11.8 Å². The molecule has 1 aliphatic carbocycles. The topological polar surface area (TPSA) is 42.2 Å². The third-order valence-corrected chi connectivity index (χ3v) is 7.13. The van der Waals surface area contributed by atoms with Crippen LogP contribution in [0.1, 0.15) is 53.9 Å². The number of carboxylic acids is 1. The van der Waals surface area contributed by atoms with Gasteiger partial charge >= 0.3 is 5.97 Å². The maximum absolute atomic E-state index is 11.6. The summed E-state index contributed by atoms with van der Waals surface area (Å²) in [4.78, 5) is 12.9. The highest BCUT2D eigenvalue weighted by Gasteiger charge is 2.28. The first-order valence-corrected chi connectivity index (χ1v) is 10.8. The Morgan fingerprint density at radius 1 is 1.07 bits per heavy atom. The van der Waals surface area contributed by atoms with Gasteiger partial charge in [0, 0.05) is 33.7 Å². The van der Waals surface area contributed by atoms with Gasteiger partial charge in [-0.15, -0.1) is 11.8 Å². The van der Waals surface area contributed by atoms with E-state index in [4.69, 9.17) is 0 Å². The van der Waals surface area contributed by atoms with Crippen molar-refractivity contribution in [2.24, 2.45) is 0 Å². The van der Waals surface area contributed by atoms with Crippen LogP contribution in [0.3, 0.4) is 0 Å². The second kappa shape index (κ2) is 6.75. The zero-order valence-corrected chi connectivity index (χ0v) is 16.1. The van der Waals surface area contributed by atoms with Gasteiger partial charge in [0.2, 0.25) is 0 Å². The number of carbonyl (C=O) groups is 1. The zero-order valence-electron chi connectivity index (χ0n) is 15.3. The van der Waals surface area contributed by atoms with Crippen LogP contribution < -0.4 is 0 Å². The molecule has 0 atom stereocenters. The summed E-state index contributed by atoms with van der Waals surface area (Å²) in [6, 6.07) is 14.4. The summed E-state index contributed by atoms with van der Waals surface area (Å²) in [5.74, 6) is 0.731. The van der Waals surface area contributed by atoms with E-state index in [9.17, 15) is 9.90 Å². The van der Waals surface area contributed by atoms with E-state index in [2.05, 4.69) is 34.9 Å². The van der Waals surface area contributed by atoms with Gasteiger partial charge in [0.25, 0.3) is 0 Å². The van der Waals surface area contributed by atoms with Gasteiger partial charge in [0.05, 0.1) is 11.3 Å². The highest BCUT2D eigenvalue weighted by atomic mass is 32.2. The van der Waals surface area contributed by atoms with Crippen LogP contribution in [0.25, 0.3) is 22.2 Å². The minimum absolute atomic E-state index is 0.378. The molecule has 0 amide bonds. The molecule has 1 aromatic heterocycles. The normalized spacial score (nSPS) is 17.3. The van der Waals surface area contributed by atoms with Crippen LogP contribution in [0.2, 0.25) is 0 Å². The molecule has 27 heavy (non-hydrogen) atoms. The van der Waals surface area contributed by atoms with E-state index in [0.29, 0.717) is 11.5 Å². The third kappa shape index (κ3) is 2.78. The molecule has 1 fully saturated rings. The van der Waals surface area contributed by atoms with Crippen molar-refractivity contribution in [3.05, 3.63) is 53.6 Å². The molecule has 1 saturated carbocycles. The van der Waals surface area contributed by atoms with Gasteiger partial charge in [-0.05, 0) is 42.5 Å². The molecule has 0 bridgehead atoms. The molecule has 0 radical (unpaired) electrons. The number of carboxylic acid groups (broad SMARTS) is 1. The fraction of sp³-hybridized carbons (Fsp3) is 0.348. The second-order valence-corrected chi connectivity index (χ2v) is 8.77. The Labute approximate surface area is 163 Å². The molecular weight excluding hydrogens is 354 g/mol. The number of fused-ring (bicyclic) bond motifs is 5. The standard InChI is InChI=1S/C23H23NO2S/c25-23(26)16-10-11-17-19(14-16)24-12-13-27-20-9-5-4-8-18(20)22(24)21(17)15-6-2-1-3-7-15/h4-5,8-11,14-15H,1-3,6-7,12-13H2,(H,25,26). The number of aromatic carboxylic acids is 1. The molecular formula is C23H23NO2S. The summed E-state index contributed by atoms with van der Waals surface area (Å²) < 4.78 is 2.39. The predicted octanol–water partition coefficient (Wildman–Crippen LogP) is 6.16. The van der Waals surface area contributed by atoms with Crippen molar-refractivity contribution in [3.8, 4) is 11.3 Å². The van der Waals surface area contributed by atoms with Crippen LogP contribution in [0.5, 0.6) is 0 Å². The first-order chi connectivity index (χ1) is 13.2. The number of rotatable bonds is 2. The molecule has 3 nitrogen and oxygen atoms in total. The predicted molar refractivity (Wildman–Crippen MR) is 111 cm³/mol. The fourth-order valence-corrected chi connectivity index (χ4v) is 5.86. The van der Waals surface area contributed by atoms with Crippen LogP contribution in [0, 0.1) is 0 Å². The Bertz CT molecular complexity index is 1030. The Balaban J connectivity index is 1.84. The molecule has 3 aromatic rings. The molecule has 4 heteroatoms. The van der Waals surface area contributed by atoms with Crippen molar-refractivity contribution >= 4 is 28.6 Å². The first-order valence-electron chi connectivity index (χ1n) is 9.85. The largest absolute Gasteiger partial charge is 0.478 e. The van der Waals surface area contributed by atoms with Crippen LogP contribution in [0.15, 0.2) is 47.4 Å². The lowest BCUT2D eigenvalue weighted by molar-refractivity contribution is 0.0697. The Hall–Kier alpha value is -2.20. The Kier molecular flexibility index (Phi) is 4.24.